The molecule has 0 aliphatic heterocycles. The lowest BCUT2D eigenvalue weighted by atomic mass is 10.1. The lowest BCUT2D eigenvalue weighted by Crippen LogP contribution is -2.27. The van der Waals surface area contributed by atoms with Crippen molar-refractivity contribution < 1.29 is 9.32 Å². The Morgan fingerprint density at radius 3 is 2.71 bits per heavy atom. The maximum absolute atomic E-state index is 11.1. The van der Waals surface area contributed by atoms with Crippen LogP contribution in [0.1, 0.15) is 30.0 Å². The molecular formula is C9H13BrN2O2. The average Bonchev–Trinajstić information content (AvgIpc) is 2.46. The van der Waals surface area contributed by atoms with Gasteiger partial charge in [0.25, 0.3) is 0 Å². The Morgan fingerprint density at radius 2 is 2.29 bits per heavy atom. The molecule has 0 radical (unpaired) electrons. The molecule has 0 saturated heterocycles. The van der Waals surface area contributed by atoms with Crippen molar-refractivity contribution in [1.29, 1.82) is 0 Å². The van der Waals surface area contributed by atoms with Gasteiger partial charge in [0.2, 0.25) is 5.91 Å². The van der Waals surface area contributed by atoms with Crippen molar-refractivity contribution >= 4 is 21.8 Å². The minimum atomic E-state index is -0.0636. The van der Waals surface area contributed by atoms with Gasteiger partial charge < -0.3 is 9.84 Å². The number of aryl methyl sites for hydroxylation is 2. The van der Waals surface area contributed by atoms with Crippen molar-refractivity contribution in [3.63, 3.8) is 0 Å². The molecule has 1 heterocycles. The number of nitrogens with zero attached hydrogens (tertiary/aromatic N) is 1. The molecular weight excluding hydrogens is 248 g/mol. The van der Waals surface area contributed by atoms with E-state index in [1.165, 1.54) is 0 Å². The molecule has 1 N–H and O–H groups in total. The summed E-state index contributed by atoms with van der Waals surface area (Å²) in [6.07, 6.45) is 0. The molecule has 0 spiro atoms. The van der Waals surface area contributed by atoms with Crippen molar-refractivity contribution in [3.05, 3.63) is 17.0 Å². The largest absolute Gasteiger partial charge is 0.361 e. The molecule has 1 amide bonds. The minimum absolute atomic E-state index is 0.0440. The number of hydrogen-bond donors (Lipinski definition) is 1. The third-order valence-electron chi connectivity index (χ3n) is 2.02. The van der Waals surface area contributed by atoms with Crippen LogP contribution in [-0.4, -0.2) is 16.4 Å². The second-order valence-electron chi connectivity index (χ2n) is 3.16. The predicted molar refractivity (Wildman–Crippen MR) is 56.3 cm³/mol. The minimum Gasteiger partial charge on any atom is -0.361 e. The van der Waals surface area contributed by atoms with Gasteiger partial charge in [-0.2, -0.15) is 0 Å². The number of halogens is 1. The zero-order valence-corrected chi connectivity index (χ0v) is 10.0. The second kappa shape index (κ2) is 4.59. The van der Waals surface area contributed by atoms with Gasteiger partial charge in [0.15, 0.2) is 0 Å². The summed E-state index contributed by atoms with van der Waals surface area (Å²) in [6.45, 7) is 5.61. The number of carbonyl (C=O) groups is 1. The van der Waals surface area contributed by atoms with E-state index in [2.05, 4.69) is 26.4 Å². The first kappa shape index (κ1) is 11.2. The maximum Gasteiger partial charge on any atom is 0.231 e. The Kier molecular flexibility index (Phi) is 3.69. The summed E-state index contributed by atoms with van der Waals surface area (Å²) < 4.78 is 5.02. The number of carbonyl (C=O) groups excluding carboxylic acids is 1. The SMILES string of the molecule is Cc1noc(C)c1C(C)NC(=O)CBr. The maximum atomic E-state index is 11.1. The Balaban J connectivity index is 2.78. The molecule has 0 aromatic carbocycles. The molecule has 1 aromatic rings. The number of amides is 1. The molecule has 14 heavy (non-hydrogen) atoms. The first-order valence-electron chi connectivity index (χ1n) is 4.34. The van der Waals surface area contributed by atoms with E-state index < -0.39 is 0 Å². The topological polar surface area (TPSA) is 55.1 Å². The molecule has 1 unspecified atom stereocenters. The fourth-order valence-corrected chi connectivity index (χ4v) is 1.62. The van der Waals surface area contributed by atoms with Crippen LogP contribution in [-0.2, 0) is 4.79 Å². The van der Waals surface area contributed by atoms with Gasteiger partial charge >= 0.3 is 0 Å². The van der Waals surface area contributed by atoms with Crippen molar-refractivity contribution in [3.8, 4) is 0 Å². The van der Waals surface area contributed by atoms with Gasteiger partial charge in [-0.15, -0.1) is 0 Å². The van der Waals surface area contributed by atoms with Crippen LogP contribution in [0, 0.1) is 13.8 Å². The van der Waals surface area contributed by atoms with Gasteiger partial charge in [-0.25, -0.2) is 0 Å². The number of rotatable bonds is 3. The second-order valence-corrected chi connectivity index (χ2v) is 3.72. The summed E-state index contributed by atoms with van der Waals surface area (Å²) in [7, 11) is 0. The highest BCUT2D eigenvalue weighted by Gasteiger charge is 2.17. The lowest BCUT2D eigenvalue weighted by Gasteiger charge is -2.12. The Bertz CT molecular complexity index is 316. The smallest absolute Gasteiger partial charge is 0.231 e. The summed E-state index contributed by atoms with van der Waals surface area (Å²) >= 11 is 3.09. The highest BCUT2D eigenvalue weighted by molar-refractivity contribution is 9.09. The molecule has 78 valence electrons. The summed E-state index contributed by atoms with van der Waals surface area (Å²) in [5.41, 5.74) is 1.78. The molecule has 0 saturated carbocycles. The first-order valence-corrected chi connectivity index (χ1v) is 5.46. The van der Waals surface area contributed by atoms with Crippen LogP contribution in [0.2, 0.25) is 0 Å². The Labute approximate surface area is 91.2 Å². The quantitative estimate of drug-likeness (QED) is 0.845. The molecule has 1 atom stereocenters. The van der Waals surface area contributed by atoms with Crippen molar-refractivity contribution in [2.45, 2.75) is 26.8 Å². The summed E-state index contributed by atoms with van der Waals surface area (Å²) in [4.78, 5) is 11.1. The molecule has 1 aromatic heterocycles. The van der Waals surface area contributed by atoms with E-state index in [1.807, 2.05) is 20.8 Å². The zero-order valence-electron chi connectivity index (χ0n) is 8.43. The first-order chi connectivity index (χ1) is 6.56. The summed E-state index contributed by atoms with van der Waals surface area (Å²) in [5.74, 6) is 0.711. The van der Waals surface area contributed by atoms with E-state index in [4.69, 9.17) is 4.52 Å². The standard InChI is InChI=1S/C9H13BrN2O2/c1-5(11-8(13)4-10)9-6(2)12-14-7(9)3/h5H,4H2,1-3H3,(H,11,13). The van der Waals surface area contributed by atoms with Gasteiger partial charge in [-0.05, 0) is 20.8 Å². The van der Waals surface area contributed by atoms with Crippen LogP contribution in [0.3, 0.4) is 0 Å². The number of aromatic nitrogens is 1. The van der Waals surface area contributed by atoms with Gasteiger partial charge in [0.05, 0.1) is 17.1 Å². The molecule has 5 heteroatoms. The van der Waals surface area contributed by atoms with Gasteiger partial charge in [0, 0.05) is 5.56 Å². The number of alkyl halides is 1. The number of nitrogens with one attached hydrogen (secondary N) is 1. The third kappa shape index (κ3) is 2.35. The number of hydrogen-bond acceptors (Lipinski definition) is 3. The van der Waals surface area contributed by atoms with E-state index in [0.717, 1.165) is 17.0 Å². The molecule has 0 aliphatic rings. The van der Waals surface area contributed by atoms with Gasteiger partial charge in [0.1, 0.15) is 5.76 Å². The Morgan fingerprint density at radius 1 is 1.64 bits per heavy atom. The normalized spacial score (nSPS) is 12.6. The van der Waals surface area contributed by atoms with Crippen molar-refractivity contribution in [1.82, 2.24) is 10.5 Å². The fraction of sp³-hybridized carbons (Fsp3) is 0.556. The van der Waals surface area contributed by atoms with Crippen LogP contribution < -0.4 is 5.32 Å². The van der Waals surface area contributed by atoms with E-state index in [-0.39, 0.29) is 11.9 Å². The van der Waals surface area contributed by atoms with Crippen LogP contribution in [0.25, 0.3) is 0 Å². The van der Waals surface area contributed by atoms with Crippen molar-refractivity contribution in [2.24, 2.45) is 0 Å². The van der Waals surface area contributed by atoms with Crippen LogP contribution in [0.5, 0.6) is 0 Å². The summed E-state index contributed by atoms with van der Waals surface area (Å²) in [5, 5.41) is 6.97. The van der Waals surface area contributed by atoms with Gasteiger partial charge in [-0.3, -0.25) is 4.79 Å². The summed E-state index contributed by atoms with van der Waals surface area (Å²) in [6, 6.07) is -0.0636. The predicted octanol–water partition coefficient (Wildman–Crippen LogP) is 1.86. The third-order valence-corrected chi connectivity index (χ3v) is 2.53. The van der Waals surface area contributed by atoms with Crippen molar-refractivity contribution in [2.75, 3.05) is 5.33 Å². The van der Waals surface area contributed by atoms with Crippen LogP contribution in [0.4, 0.5) is 0 Å². The Hall–Kier alpha value is -0.840. The monoisotopic (exact) mass is 260 g/mol. The molecule has 0 fully saturated rings. The van der Waals surface area contributed by atoms with E-state index in [1.54, 1.807) is 0 Å². The molecule has 0 aliphatic carbocycles. The average molecular weight is 261 g/mol. The van der Waals surface area contributed by atoms with Crippen LogP contribution in [0.15, 0.2) is 4.52 Å². The van der Waals surface area contributed by atoms with Crippen LogP contribution >= 0.6 is 15.9 Å². The zero-order chi connectivity index (χ0) is 10.7. The van der Waals surface area contributed by atoms with Gasteiger partial charge in [-0.1, -0.05) is 21.1 Å². The highest BCUT2D eigenvalue weighted by Crippen LogP contribution is 2.20. The van der Waals surface area contributed by atoms with E-state index in [0.29, 0.717) is 5.33 Å². The van der Waals surface area contributed by atoms with E-state index >= 15 is 0 Å². The fourth-order valence-electron chi connectivity index (χ4n) is 1.46. The molecule has 4 nitrogen and oxygen atoms in total. The molecule has 0 bridgehead atoms. The highest BCUT2D eigenvalue weighted by atomic mass is 79.9. The van der Waals surface area contributed by atoms with E-state index in [9.17, 15) is 4.79 Å². The molecule has 1 rings (SSSR count). The lowest BCUT2D eigenvalue weighted by molar-refractivity contribution is -0.119.